The Morgan fingerprint density at radius 1 is 1.12 bits per heavy atom. The molecule has 12 nitrogen and oxygen atoms in total. The molecule has 1 aliphatic heterocycles. The largest absolute Gasteiger partial charge is 0.497 e. The summed E-state index contributed by atoms with van der Waals surface area (Å²) >= 11 is 0. The van der Waals surface area contributed by atoms with Crippen LogP contribution in [0.3, 0.4) is 0 Å². The van der Waals surface area contributed by atoms with E-state index in [0.29, 0.717) is 29.9 Å². The van der Waals surface area contributed by atoms with Gasteiger partial charge < -0.3 is 24.4 Å². The third-order valence-electron chi connectivity index (χ3n) is 9.95. The first kappa shape index (κ1) is 38.2. The van der Waals surface area contributed by atoms with E-state index in [4.69, 9.17) is 14.2 Å². The van der Waals surface area contributed by atoms with E-state index in [1.807, 2.05) is 59.7 Å². The maximum Gasteiger partial charge on any atom is 0.306 e. The van der Waals surface area contributed by atoms with E-state index in [-0.39, 0.29) is 37.8 Å². The van der Waals surface area contributed by atoms with Crippen molar-refractivity contribution in [1.82, 2.24) is 15.2 Å². The van der Waals surface area contributed by atoms with Gasteiger partial charge in [-0.05, 0) is 59.7 Å². The van der Waals surface area contributed by atoms with Gasteiger partial charge in [-0.2, -0.15) is 0 Å². The van der Waals surface area contributed by atoms with Crippen LogP contribution < -0.4 is 14.8 Å². The zero-order valence-electron chi connectivity index (χ0n) is 30.7. The average molecular weight is 726 g/mol. The molecule has 1 aromatic heterocycles. The van der Waals surface area contributed by atoms with Crippen LogP contribution in [0.5, 0.6) is 11.6 Å². The van der Waals surface area contributed by atoms with Crippen molar-refractivity contribution in [3.63, 3.8) is 0 Å². The summed E-state index contributed by atoms with van der Waals surface area (Å²) in [6.07, 6.45) is 3.62. The third-order valence-corrected chi connectivity index (χ3v) is 12.1. The summed E-state index contributed by atoms with van der Waals surface area (Å²) in [5.41, 5.74) is -2.38. The normalized spacial score (nSPS) is 24.1. The number of methoxy groups -OCH3 is 1. The van der Waals surface area contributed by atoms with Crippen molar-refractivity contribution < 1.29 is 41.8 Å². The van der Waals surface area contributed by atoms with Crippen LogP contribution in [0.1, 0.15) is 73.6 Å². The second-order valence-corrected chi connectivity index (χ2v) is 18.7. The maximum atomic E-state index is 14.5. The molecule has 5 rings (SSSR count). The Morgan fingerprint density at radius 2 is 1.82 bits per heavy atom. The zero-order valence-corrected chi connectivity index (χ0v) is 31.5. The molecule has 2 aromatic rings. The number of nitrogens with zero attached hydrogens (tertiary/aromatic N) is 2. The van der Waals surface area contributed by atoms with Crippen molar-refractivity contribution in [2.75, 3.05) is 26.0 Å². The number of aromatic nitrogens is 1. The lowest BCUT2D eigenvalue weighted by Gasteiger charge is -2.35. The molecule has 0 radical (unpaired) electrons. The predicted octanol–water partition coefficient (Wildman–Crippen LogP) is 4.44. The highest BCUT2D eigenvalue weighted by Gasteiger charge is 2.61. The fourth-order valence-electron chi connectivity index (χ4n) is 6.63. The van der Waals surface area contributed by atoms with Gasteiger partial charge in [0.1, 0.15) is 29.2 Å². The van der Waals surface area contributed by atoms with Crippen LogP contribution in [0.25, 0.3) is 10.8 Å². The highest BCUT2D eigenvalue weighted by Crippen LogP contribution is 2.46. The number of amides is 2. The van der Waals surface area contributed by atoms with E-state index in [1.165, 1.54) is 4.90 Å². The zero-order chi connectivity index (χ0) is 37.5. The first-order valence-electron chi connectivity index (χ1n) is 17.5. The Morgan fingerprint density at radius 3 is 2.41 bits per heavy atom. The van der Waals surface area contributed by atoms with Crippen molar-refractivity contribution in [3.8, 4) is 11.6 Å². The van der Waals surface area contributed by atoms with Gasteiger partial charge in [0.05, 0.1) is 37.9 Å². The second-order valence-electron chi connectivity index (χ2n) is 16.5. The van der Waals surface area contributed by atoms with Gasteiger partial charge in [0.15, 0.2) is 15.6 Å². The number of rotatable bonds is 14. The van der Waals surface area contributed by atoms with Gasteiger partial charge in [0.2, 0.25) is 17.7 Å². The minimum atomic E-state index is -3.64. The van der Waals surface area contributed by atoms with Crippen molar-refractivity contribution in [2.24, 2.45) is 22.7 Å². The van der Waals surface area contributed by atoms with Crippen LogP contribution in [0.2, 0.25) is 0 Å². The van der Waals surface area contributed by atoms with Crippen molar-refractivity contribution >= 4 is 44.2 Å². The Balaban J connectivity index is 1.43. The number of ketones is 1. The molecule has 2 aliphatic carbocycles. The van der Waals surface area contributed by atoms with Gasteiger partial charge in [-0.25, -0.2) is 13.4 Å². The van der Waals surface area contributed by atoms with Gasteiger partial charge in [-0.3, -0.25) is 19.2 Å². The molecule has 3 aliphatic rings. The number of ether oxygens (including phenoxy) is 3. The van der Waals surface area contributed by atoms with Crippen LogP contribution in [0, 0.1) is 22.7 Å². The number of nitrogens with one attached hydrogen (secondary N) is 1. The first-order valence-corrected chi connectivity index (χ1v) is 19.2. The summed E-state index contributed by atoms with van der Waals surface area (Å²) in [6.45, 7) is 15.4. The van der Waals surface area contributed by atoms with Crippen molar-refractivity contribution in [1.29, 1.82) is 0 Å². The molecule has 0 spiro atoms. The number of carbonyl (C=O) groups excluding carboxylic acids is 4. The number of hydrogen-bond donors (Lipinski definition) is 1. The van der Waals surface area contributed by atoms with Gasteiger partial charge in [-0.15, -0.1) is 6.58 Å². The topological polar surface area (TPSA) is 158 Å². The lowest BCUT2D eigenvalue weighted by atomic mass is 9.77. The summed E-state index contributed by atoms with van der Waals surface area (Å²) in [5.74, 6) is -3.11. The van der Waals surface area contributed by atoms with Crippen LogP contribution in [0.15, 0.2) is 43.1 Å². The number of fused-ring (bicyclic) bond motifs is 1. The fraction of sp³-hybridized carbons (Fsp3) is 0.605. The molecule has 2 amide bonds. The quantitative estimate of drug-likeness (QED) is 0.218. The monoisotopic (exact) mass is 725 g/mol. The number of esters is 1. The summed E-state index contributed by atoms with van der Waals surface area (Å²) in [5, 5.41) is 3.88. The van der Waals surface area contributed by atoms with E-state index < -0.39 is 79.3 Å². The lowest BCUT2D eigenvalue weighted by Crippen LogP contribution is -2.55. The van der Waals surface area contributed by atoms with Crippen LogP contribution in [-0.2, 0) is 33.8 Å². The Labute approximate surface area is 300 Å². The Kier molecular flexibility index (Phi) is 10.6. The Hall–Kier alpha value is -4.00. The van der Waals surface area contributed by atoms with Gasteiger partial charge >= 0.3 is 5.97 Å². The molecule has 3 fully saturated rings. The Bertz CT molecular complexity index is 1810. The number of carbonyl (C=O) groups is 4. The summed E-state index contributed by atoms with van der Waals surface area (Å²) < 4.78 is 42.9. The van der Waals surface area contributed by atoms with Gasteiger partial charge in [0, 0.05) is 23.9 Å². The number of sulfone groups is 1. The van der Waals surface area contributed by atoms with Gasteiger partial charge in [-0.1, -0.05) is 47.6 Å². The van der Waals surface area contributed by atoms with E-state index >= 15 is 0 Å². The second kappa shape index (κ2) is 14.2. The highest BCUT2D eigenvalue weighted by molar-refractivity contribution is 7.93. The minimum Gasteiger partial charge on any atom is -0.497 e. The molecule has 5 atom stereocenters. The first-order chi connectivity index (χ1) is 23.8. The SMILES string of the molecule is C=C[C@@H]1C[C@]1(NC(=O)[C@@H]1C[C@@H](Oc2nccc3cc(OC)ccc23)CN1C(=O)[C@@H](CC(=O)OCC(C)(C)C)C(C)(C)C)C(=O)CS(=O)(=O)C1CC1. The maximum absolute atomic E-state index is 14.5. The van der Waals surface area contributed by atoms with Crippen LogP contribution in [0.4, 0.5) is 0 Å². The predicted molar refractivity (Wildman–Crippen MR) is 192 cm³/mol. The third kappa shape index (κ3) is 8.73. The van der Waals surface area contributed by atoms with Gasteiger partial charge in [0.25, 0.3) is 0 Å². The van der Waals surface area contributed by atoms with E-state index in [1.54, 1.807) is 25.4 Å². The number of benzene rings is 1. The van der Waals surface area contributed by atoms with Crippen molar-refractivity contribution in [3.05, 3.63) is 43.1 Å². The molecular weight excluding hydrogens is 674 g/mol. The van der Waals surface area contributed by atoms with Crippen molar-refractivity contribution in [2.45, 2.75) is 96.6 Å². The van der Waals surface area contributed by atoms with Crippen LogP contribution >= 0.6 is 0 Å². The molecule has 13 heteroatoms. The molecule has 1 aromatic carbocycles. The molecule has 278 valence electrons. The fourth-order valence-corrected chi connectivity index (χ4v) is 8.35. The lowest BCUT2D eigenvalue weighted by molar-refractivity contribution is -0.155. The minimum absolute atomic E-state index is 0.0106. The molecule has 0 unspecified atom stereocenters. The summed E-state index contributed by atoms with van der Waals surface area (Å²) in [4.78, 5) is 61.3. The summed E-state index contributed by atoms with van der Waals surface area (Å²) in [6, 6.07) is 6.21. The molecule has 0 bridgehead atoms. The molecule has 2 saturated carbocycles. The smallest absolute Gasteiger partial charge is 0.306 e. The summed E-state index contributed by atoms with van der Waals surface area (Å²) in [7, 11) is -2.06. The highest BCUT2D eigenvalue weighted by atomic mass is 32.2. The molecule has 51 heavy (non-hydrogen) atoms. The number of Topliss-reactive ketones (excluding diaryl/α,β-unsaturated/α-hetero) is 1. The van der Waals surface area contributed by atoms with E-state index in [9.17, 15) is 27.6 Å². The number of pyridine rings is 1. The van der Waals surface area contributed by atoms with E-state index in [0.717, 1.165) is 5.39 Å². The average Bonchev–Trinajstić information content (AvgIpc) is 3.98. The molecule has 1 saturated heterocycles. The number of likely N-dealkylation sites (tertiary alicyclic amines) is 1. The van der Waals surface area contributed by atoms with Crippen LogP contribution in [-0.4, -0.2) is 90.8 Å². The molecule has 2 heterocycles. The number of hydrogen-bond acceptors (Lipinski definition) is 10. The molecule has 1 N–H and O–H groups in total. The standard InChI is InChI=1S/C38H51N3O9S/c1-9-24-19-38(24,31(42)21-51(46,47)27-11-12-27)40-33(44)30-17-26(50-34-28-13-10-25(48-8)16-23(28)14-15-39-34)20-41(30)35(45)29(37(5,6)7)18-32(43)49-22-36(2,3)4/h9-10,13-16,24,26-27,29-30H,1,11-12,17-22H2,2-8H3,(H,40,44)/t24-,26-,29-,30+,38-/m1/s1. The van der Waals surface area contributed by atoms with E-state index in [2.05, 4.69) is 16.9 Å². The molecular formula is C38H51N3O9S.